The first-order chi connectivity index (χ1) is 16.5. The van der Waals surface area contributed by atoms with Gasteiger partial charge in [0.05, 0.1) is 11.0 Å². The van der Waals surface area contributed by atoms with Crippen LogP contribution in [-0.2, 0) is 6.42 Å². The molecule has 1 aliphatic heterocycles. The van der Waals surface area contributed by atoms with Crippen molar-refractivity contribution in [3.05, 3.63) is 86.7 Å². The number of benzene rings is 2. The van der Waals surface area contributed by atoms with Crippen LogP contribution in [0.3, 0.4) is 0 Å². The minimum Gasteiger partial charge on any atom is -0.379 e. The Morgan fingerprint density at radius 2 is 1.59 bits per heavy atom. The average molecular weight is 483 g/mol. The summed E-state index contributed by atoms with van der Waals surface area (Å²) in [4.78, 5) is 13.4. The summed E-state index contributed by atoms with van der Waals surface area (Å²) < 4.78 is 12.8. The van der Waals surface area contributed by atoms with Crippen molar-refractivity contribution in [2.75, 3.05) is 26.2 Å². The van der Waals surface area contributed by atoms with Gasteiger partial charge >= 0.3 is 11.6 Å². The fraction of sp³-hybridized carbons (Fsp3) is 0.400. The predicted molar refractivity (Wildman–Crippen MR) is 133 cm³/mol. The molecule has 0 amide bonds. The van der Waals surface area contributed by atoms with Gasteiger partial charge in [0.15, 0.2) is 0 Å². The fourth-order valence-corrected chi connectivity index (χ4v) is 4.76. The lowest BCUT2D eigenvalue weighted by Gasteiger charge is -2.38. The zero-order valence-electron chi connectivity index (χ0n) is 19.8. The maximum atomic E-state index is 11.5. The van der Waals surface area contributed by atoms with Crippen LogP contribution in [0.4, 0.5) is 5.69 Å². The molecule has 3 aromatic rings. The van der Waals surface area contributed by atoms with E-state index in [2.05, 4.69) is 76.7 Å². The highest BCUT2D eigenvalue weighted by Gasteiger charge is 2.31. The Balaban J connectivity index is 1.42. The Bertz CT molecular complexity index is 1050. The van der Waals surface area contributed by atoms with Crippen molar-refractivity contribution in [2.24, 2.45) is 0 Å². The van der Waals surface area contributed by atoms with E-state index in [1.807, 2.05) is 6.92 Å². The molecule has 0 radical (unpaired) electrons. The van der Waals surface area contributed by atoms with E-state index >= 15 is 0 Å². The van der Waals surface area contributed by atoms with Crippen molar-refractivity contribution in [3.8, 4) is 5.88 Å². The second kappa shape index (κ2) is 11.0. The third kappa shape index (κ3) is 5.60. The quantitative estimate of drug-likeness (QED) is 0.171. The molecule has 180 valence electrons. The third-order valence-corrected chi connectivity index (χ3v) is 6.82. The number of aromatic nitrogens is 1. The molecule has 0 atom stereocenters. The normalized spacial score (nSPS) is 15.1. The van der Waals surface area contributed by atoms with E-state index in [0.29, 0.717) is 6.42 Å². The van der Waals surface area contributed by atoms with Gasteiger partial charge in [-0.3, -0.25) is 15.0 Å². The summed E-state index contributed by atoms with van der Waals surface area (Å²) >= 11 is 1.10. The van der Waals surface area contributed by atoms with Crippen LogP contribution in [0.15, 0.2) is 53.1 Å². The van der Waals surface area contributed by atoms with E-state index in [-0.39, 0.29) is 23.4 Å². The summed E-state index contributed by atoms with van der Waals surface area (Å²) in [5.41, 5.74) is 4.86. The predicted octanol–water partition coefficient (Wildman–Crippen LogP) is 5.50. The molecule has 1 fully saturated rings. The second-order valence-corrected chi connectivity index (χ2v) is 9.45. The first-order valence-electron chi connectivity index (χ1n) is 11.6. The highest BCUT2D eigenvalue weighted by Crippen LogP contribution is 2.35. The zero-order valence-corrected chi connectivity index (χ0v) is 20.6. The van der Waals surface area contributed by atoms with Crippen molar-refractivity contribution in [2.45, 2.75) is 39.7 Å². The summed E-state index contributed by atoms with van der Waals surface area (Å²) in [5, 5.41) is 15.2. The van der Waals surface area contributed by atoms with Gasteiger partial charge in [-0.1, -0.05) is 66.6 Å². The highest BCUT2D eigenvalue weighted by atomic mass is 32.2. The molecule has 34 heavy (non-hydrogen) atoms. The number of aryl methyl sites for hydroxylation is 3. The molecule has 1 saturated heterocycles. The number of hydrogen-bond donors (Lipinski definition) is 0. The van der Waals surface area contributed by atoms with Gasteiger partial charge in [-0.15, -0.1) is 0 Å². The van der Waals surface area contributed by atoms with Crippen LogP contribution in [0.5, 0.6) is 5.88 Å². The van der Waals surface area contributed by atoms with Crippen molar-refractivity contribution >= 4 is 17.9 Å². The summed E-state index contributed by atoms with van der Waals surface area (Å²) in [6.45, 7) is 9.33. The summed E-state index contributed by atoms with van der Waals surface area (Å²) in [7, 11) is 0. The molecule has 1 aromatic heterocycles. The van der Waals surface area contributed by atoms with Gasteiger partial charge in [0.25, 0.3) is 0 Å². The Morgan fingerprint density at radius 1 is 1.03 bits per heavy atom. The van der Waals surface area contributed by atoms with Crippen LogP contribution < -0.4 is 4.18 Å². The van der Waals surface area contributed by atoms with Gasteiger partial charge in [-0.05, 0) is 36.6 Å². The summed E-state index contributed by atoms with van der Waals surface area (Å²) in [5.74, 6) is 0.185. The molecule has 2 heterocycles. The molecule has 1 aliphatic rings. The maximum Gasteiger partial charge on any atom is 0.375 e. The van der Waals surface area contributed by atoms with E-state index in [0.717, 1.165) is 44.8 Å². The molecular formula is C25H30N4O4S. The van der Waals surface area contributed by atoms with Crippen LogP contribution in [0.1, 0.15) is 47.4 Å². The Hall–Kier alpha value is -2.88. The van der Waals surface area contributed by atoms with Crippen LogP contribution in [0, 0.1) is 24.0 Å². The lowest BCUT2D eigenvalue weighted by molar-refractivity contribution is -0.386. The number of hydrogen-bond acceptors (Lipinski definition) is 8. The third-order valence-electron chi connectivity index (χ3n) is 6.01. The van der Waals surface area contributed by atoms with Gasteiger partial charge in [0.1, 0.15) is 12.2 Å². The molecule has 0 aliphatic carbocycles. The standard InChI is InChI=1S/C25H30N4O4S/c1-4-5-22-24(29(30)31)25(26-32-22)33-34-28-16-14-27(15-17-28)23(20-10-6-18(2)7-11-20)21-12-8-19(3)9-13-21/h6-13,23H,4-5,14-17H2,1-3H3. The van der Waals surface area contributed by atoms with Gasteiger partial charge in [-0.25, -0.2) is 4.31 Å². The zero-order chi connectivity index (χ0) is 24.1. The smallest absolute Gasteiger partial charge is 0.375 e. The monoisotopic (exact) mass is 482 g/mol. The van der Waals surface area contributed by atoms with Gasteiger partial charge in [-0.2, -0.15) is 0 Å². The van der Waals surface area contributed by atoms with E-state index < -0.39 is 4.92 Å². The van der Waals surface area contributed by atoms with Gasteiger partial charge in [0.2, 0.25) is 5.76 Å². The summed E-state index contributed by atoms with van der Waals surface area (Å²) in [6, 6.07) is 17.7. The van der Waals surface area contributed by atoms with E-state index in [1.54, 1.807) is 0 Å². The molecular weight excluding hydrogens is 452 g/mol. The van der Waals surface area contributed by atoms with E-state index in [1.165, 1.54) is 22.3 Å². The molecule has 4 rings (SSSR count). The molecule has 0 N–H and O–H groups in total. The number of piperazine rings is 1. The van der Waals surface area contributed by atoms with Crippen molar-refractivity contribution in [1.29, 1.82) is 0 Å². The molecule has 2 aromatic carbocycles. The lowest BCUT2D eigenvalue weighted by Crippen LogP contribution is -2.45. The molecule has 0 saturated carbocycles. The first kappa shape index (κ1) is 24.3. The fourth-order valence-electron chi connectivity index (χ4n) is 4.16. The molecule has 9 heteroatoms. The first-order valence-corrected chi connectivity index (χ1v) is 12.3. The molecule has 0 bridgehead atoms. The van der Waals surface area contributed by atoms with Crippen molar-refractivity contribution in [3.63, 3.8) is 0 Å². The molecule has 0 unspecified atom stereocenters. The Kier molecular flexibility index (Phi) is 7.87. The number of nitro groups is 1. The summed E-state index contributed by atoms with van der Waals surface area (Å²) in [6.07, 6.45) is 1.18. The van der Waals surface area contributed by atoms with Crippen molar-refractivity contribution in [1.82, 2.24) is 14.4 Å². The second-order valence-electron chi connectivity index (χ2n) is 8.61. The largest absolute Gasteiger partial charge is 0.379 e. The topological polar surface area (TPSA) is 84.9 Å². The minimum absolute atomic E-state index is 0.0712. The lowest BCUT2D eigenvalue weighted by atomic mass is 9.95. The number of nitrogens with zero attached hydrogens (tertiary/aromatic N) is 4. The van der Waals surface area contributed by atoms with Crippen LogP contribution >= 0.6 is 12.2 Å². The van der Waals surface area contributed by atoms with Crippen molar-refractivity contribution < 1.29 is 13.6 Å². The van der Waals surface area contributed by atoms with E-state index in [9.17, 15) is 10.1 Å². The van der Waals surface area contributed by atoms with Crippen LogP contribution in [0.25, 0.3) is 0 Å². The molecule has 8 nitrogen and oxygen atoms in total. The highest BCUT2D eigenvalue weighted by molar-refractivity contribution is 7.92. The maximum absolute atomic E-state index is 11.5. The van der Waals surface area contributed by atoms with Gasteiger partial charge < -0.3 is 8.71 Å². The van der Waals surface area contributed by atoms with Gasteiger partial charge in [0, 0.05) is 32.6 Å². The minimum atomic E-state index is -0.483. The average Bonchev–Trinajstić information content (AvgIpc) is 3.24. The van der Waals surface area contributed by atoms with E-state index in [4.69, 9.17) is 8.71 Å². The van der Waals surface area contributed by atoms with Crippen LogP contribution in [-0.4, -0.2) is 45.5 Å². The SMILES string of the molecule is CCCc1onc(OSN2CCN(C(c3ccc(C)cc3)c3ccc(C)cc3)CC2)c1[N+](=O)[O-]. The Morgan fingerprint density at radius 3 is 2.09 bits per heavy atom. The number of rotatable bonds is 9. The van der Waals surface area contributed by atoms with Crippen LogP contribution in [0.2, 0.25) is 0 Å². The Labute approximate surface area is 204 Å². The molecule has 0 spiro atoms.